The van der Waals surface area contributed by atoms with E-state index in [1.807, 2.05) is 6.07 Å². The van der Waals surface area contributed by atoms with Crippen molar-refractivity contribution in [3.8, 4) is 6.07 Å². The van der Waals surface area contributed by atoms with Crippen molar-refractivity contribution < 1.29 is 0 Å². The minimum Gasteiger partial charge on any atom is -0.366 e. The summed E-state index contributed by atoms with van der Waals surface area (Å²) >= 11 is 0. The van der Waals surface area contributed by atoms with E-state index >= 15 is 0 Å². The van der Waals surface area contributed by atoms with Gasteiger partial charge in [-0.25, -0.2) is 15.0 Å². The molecule has 6 nitrogen and oxygen atoms in total. The molecule has 106 valence electrons. The third-order valence-electron chi connectivity index (χ3n) is 3.60. The lowest BCUT2D eigenvalue weighted by Crippen LogP contribution is -2.40. The standard InChI is InChI=1S/C15H16N6/c16-11-12-3-1-6-17-14(12)20-13-4-9-21(10-5-13)15-18-7-2-8-19-15/h1-3,6-8,13H,4-5,9-10H2,(H,17,20). The molecule has 21 heavy (non-hydrogen) atoms. The number of hydrogen-bond acceptors (Lipinski definition) is 6. The number of rotatable bonds is 3. The van der Waals surface area contributed by atoms with Crippen LogP contribution in [-0.2, 0) is 0 Å². The third kappa shape index (κ3) is 3.08. The largest absolute Gasteiger partial charge is 0.366 e. The summed E-state index contributed by atoms with van der Waals surface area (Å²) < 4.78 is 0. The summed E-state index contributed by atoms with van der Waals surface area (Å²) in [7, 11) is 0. The van der Waals surface area contributed by atoms with E-state index in [0.717, 1.165) is 31.9 Å². The van der Waals surface area contributed by atoms with Crippen molar-refractivity contribution >= 4 is 11.8 Å². The van der Waals surface area contributed by atoms with Gasteiger partial charge in [-0.3, -0.25) is 0 Å². The van der Waals surface area contributed by atoms with E-state index < -0.39 is 0 Å². The first kappa shape index (κ1) is 13.3. The van der Waals surface area contributed by atoms with Gasteiger partial charge in [-0.2, -0.15) is 5.26 Å². The molecule has 0 unspecified atom stereocenters. The Morgan fingerprint density at radius 2 is 1.81 bits per heavy atom. The number of nitrogens with one attached hydrogen (secondary N) is 1. The van der Waals surface area contributed by atoms with E-state index in [4.69, 9.17) is 5.26 Å². The van der Waals surface area contributed by atoms with Crippen LogP contribution in [0.2, 0.25) is 0 Å². The molecular formula is C15H16N6. The van der Waals surface area contributed by atoms with Crippen LogP contribution in [0.25, 0.3) is 0 Å². The molecule has 0 atom stereocenters. The Labute approximate surface area is 123 Å². The van der Waals surface area contributed by atoms with Gasteiger partial charge in [0.05, 0.1) is 5.56 Å². The minimum absolute atomic E-state index is 0.326. The maximum atomic E-state index is 9.08. The average Bonchev–Trinajstić information content (AvgIpc) is 2.57. The maximum Gasteiger partial charge on any atom is 0.225 e. The Morgan fingerprint density at radius 1 is 1.10 bits per heavy atom. The number of anilines is 2. The lowest BCUT2D eigenvalue weighted by molar-refractivity contribution is 0.518. The number of aromatic nitrogens is 3. The lowest BCUT2D eigenvalue weighted by atomic mass is 10.1. The lowest BCUT2D eigenvalue weighted by Gasteiger charge is -2.32. The van der Waals surface area contributed by atoms with Crippen molar-refractivity contribution in [3.63, 3.8) is 0 Å². The smallest absolute Gasteiger partial charge is 0.225 e. The zero-order valence-electron chi connectivity index (χ0n) is 11.6. The van der Waals surface area contributed by atoms with E-state index in [0.29, 0.717) is 17.4 Å². The second kappa shape index (κ2) is 6.18. The molecule has 2 aromatic heterocycles. The number of nitriles is 1. The second-order valence-corrected chi connectivity index (χ2v) is 4.97. The van der Waals surface area contributed by atoms with Crippen LogP contribution in [0.3, 0.4) is 0 Å². The van der Waals surface area contributed by atoms with E-state index in [2.05, 4.69) is 31.2 Å². The van der Waals surface area contributed by atoms with E-state index in [9.17, 15) is 0 Å². The third-order valence-corrected chi connectivity index (χ3v) is 3.60. The number of pyridine rings is 1. The number of nitrogens with zero attached hydrogens (tertiary/aromatic N) is 5. The number of piperidine rings is 1. The molecule has 1 aliphatic heterocycles. The molecule has 0 amide bonds. The molecule has 1 N–H and O–H groups in total. The highest BCUT2D eigenvalue weighted by Gasteiger charge is 2.21. The molecule has 0 radical (unpaired) electrons. The van der Waals surface area contributed by atoms with Gasteiger partial charge in [0.2, 0.25) is 5.95 Å². The molecule has 2 aromatic rings. The molecule has 0 aromatic carbocycles. The highest BCUT2D eigenvalue weighted by Crippen LogP contribution is 2.19. The molecule has 1 aliphatic rings. The van der Waals surface area contributed by atoms with E-state index in [1.165, 1.54) is 0 Å². The molecule has 1 fully saturated rings. The molecule has 0 saturated carbocycles. The van der Waals surface area contributed by atoms with Crippen LogP contribution >= 0.6 is 0 Å². The molecule has 0 spiro atoms. The molecular weight excluding hydrogens is 264 g/mol. The van der Waals surface area contributed by atoms with Gasteiger partial charge in [0, 0.05) is 37.7 Å². The van der Waals surface area contributed by atoms with E-state index in [1.54, 1.807) is 30.7 Å². The summed E-state index contributed by atoms with van der Waals surface area (Å²) in [5.41, 5.74) is 0.589. The van der Waals surface area contributed by atoms with Gasteiger partial charge in [0.25, 0.3) is 0 Å². The van der Waals surface area contributed by atoms with Gasteiger partial charge >= 0.3 is 0 Å². The fourth-order valence-electron chi connectivity index (χ4n) is 2.48. The molecule has 0 bridgehead atoms. The fourth-order valence-corrected chi connectivity index (χ4v) is 2.48. The van der Waals surface area contributed by atoms with Gasteiger partial charge in [-0.15, -0.1) is 0 Å². The van der Waals surface area contributed by atoms with Crippen LogP contribution in [0, 0.1) is 11.3 Å². The summed E-state index contributed by atoms with van der Waals surface area (Å²) in [6.07, 6.45) is 7.18. The van der Waals surface area contributed by atoms with Gasteiger partial charge < -0.3 is 10.2 Å². The van der Waals surface area contributed by atoms with Crippen LogP contribution in [0.4, 0.5) is 11.8 Å². The minimum atomic E-state index is 0.326. The first-order valence-electron chi connectivity index (χ1n) is 7.00. The van der Waals surface area contributed by atoms with Crippen LogP contribution in [0.5, 0.6) is 0 Å². The van der Waals surface area contributed by atoms with Gasteiger partial charge in [0.1, 0.15) is 11.9 Å². The first-order valence-corrected chi connectivity index (χ1v) is 7.00. The summed E-state index contributed by atoms with van der Waals surface area (Å²) in [4.78, 5) is 15.0. The molecule has 0 aliphatic carbocycles. The van der Waals surface area contributed by atoms with Crippen LogP contribution in [0.15, 0.2) is 36.8 Å². The maximum absolute atomic E-state index is 9.08. The summed E-state index contributed by atoms with van der Waals surface area (Å²) in [6, 6.07) is 7.87. The van der Waals surface area contributed by atoms with Crippen molar-refractivity contribution in [2.24, 2.45) is 0 Å². The van der Waals surface area contributed by atoms with E-state index in [-0.39, 0.29) is 0 Å². The highest BCUT2D eigenvalue weighted by atomic mass is 15.3. The summed E-state index contributed by atoms with van der Waals surface area (Å²) in [5, 5.41) is 12.5. The quantitative estimate of drug-likeness (QED) is 0.924. The van der Waals surface area contributed by atoms with Gasteiger partial charge in [0.15, 0.2) is 0 Å². The van der Waals surface area contributed by atoms with Crippen molar-refractivity contribution in [3.05, 3.63) is 42.4 Å². The summed E-state index contributed by atoms with van der Waals surface area (Å²) in [5.74, 6) is 1.46. The molecule has 3 rings (SSSR count). The number of hydrogen-bond donors (Lipinski definition) is 1. The van der Waals surface area contributed by atoms with Crippen LogP contribution in [0.1, 0.15) is 18.4 Å². The highest BCUT2D eigenvalue weighted by molar-refractivity contribution is 5.52. The Balaban J connectivity index is 1.60. The van der Waals surface area contributed by atoms with Gasteiger partial charge in [-0.05, 0) is 31.0 Å². The Bertz CT molecular complexity index is 628. The zero-order valence-corrected chi connectivity index (χ0v) is 11.6. The van der Waals surface area contributed by atoms with Crippen LogP contribution < -0.4 is 10.2 Å². The zero-order chi connectivity index (χ0) is 14.5. The Morgan fingerprint density at radius 3 is 2.52 bits per heavy atom. The molecule has 6 heteroatoms. The van der Waals surface area contributed by atoms with Crippen molar-refractivity contribution in [1.82, 2.24) is 15.0 Å². The summed E-state index contributed by atoms with van der Waals surface area (Å²) in [6.45, 7) is 1.80. The van der Waals surface area contributed by atoms with Crippen molar-refractivity contribution in [2.45, 2.75) is 18.9 Å². The fraction of sp³-hybridized carbons (Fsp3) is 0.333. The SMILES string of the molecule is N#Cc1cccnc1NC1CCN(c2ncccn2)CC1. The van der Waals surface area contributed by atoms with Crippen LogP contribution in [-0.4, -0.2) is 34.1 Å². The monoisotopic (exact) mass is 280 g/mol. The van der Waals surface area contributed by atoms with Crippen molar-refractivity contribution in [2.75, 3.05) is 23.3 Å². The Kier molecular flexibility index (Phi) is 3.92. The first-order chi connectivity index (χ1) is 10.4. The Hall–Kier alpha value is -2.68. The predicted octanol–water partition coefficient (Wildman–Crippen LogP) is 1.82. The average molecular weight is 280 g/mol. The van der Waals surface area contributed by atoms with Crippen molar-refractivity contribution in [1.29, 1.82) is 5.26 Å². The topological polar surface area (TPSA) is 77.7 Å². The normalized spacial score (nSPS) is 15.5. The second-order valence-electron chi connectivity index (χ2n) is 4.97. The molecule has 3 heterocycles. The van der Waals surface area contributed by atoms with Gasteiger partial charge in [-0.1, -0.05) is 0 Å². The molecule has 1 saturated heterocycles. The predicted molar refractivity (Wildman–Crippen MR) is 79.8 cm³/mol.